The van der Waals surface area contributed by atoms with Crippen LogP contribution in [0.1, 0.15) is 44.9 Å². The van der Waals surface area contributed by atoms with E-state index in [-0.39, 0.29) is 0 Å². The van der Waals surface area contributed by atoms with Crippen molar-refractivity contribution in [2.45, 2.75) is 57.0 Å². The lowest BCUT2D eigenvalue weighted by atomic mass is 9.90. The van der Waals surface area contributed by atoms with Crippen LogP contribution in [0.4, 0.5) is 0 Å². The summed E-state index contributed by atoms with van der Waals surface area (Å²) in [5.74, 6) is -0.648. The quantitative estimate of drug-likeness (QED) is 0.748. The first-order chi connectivity index (χ1) is 6.77. The van der Waals surface area contributed by atoms with Gasteiger partial charge in [0.1, 0.15) is 0 Å². The van der Waals surface area contributed by atoms with Crippen molar-refractivity contribution >= 4 is 5.97 Å². The zero-order valence-corrected chi connectivity index (χ0v) is 8.61. The molecule has 14 heavy (non-hydrogen) atoms. The molecule has 1 unspecified atom stereocenters. The van der Waals surface area contributed by atoms with Gasteiger partial charge in [0.2, 0.25) is 0 Å². The van der Waals surface area contributed by atoms with Gasteiger partial charge in [-0.1, -0.05) is 6.42 Å². The van der Waals surface area contributed by atoms with Gasteiger partial charge in [-0.25, -0.2) is 0 Å². The summed E-state index contributed by atoms with van der Waals surface area (Å²) in [5, 5.41) is 8.65. The normalized spacial score (nSPS) is 29.0. The molecule has 1 saturated carbocycles. The van der Waals surface area contributed by atoms with Crippen LogP contribution in [0, 0.1) is 0 Å². The topological polar surface area (TPSA) is 40.5 Å². The number of carboxylic acids is 1. The first kappa shape index (κ1) is 9.97. The molecule has 1 aliphatic heterocycles. The van der Waals surface area contributed by atoms with Gasteiger partial charge in [0.25, 0.3) is 0 Å². The van der Waals surface area contributed by atoms with E-state index in [1.54, 1.807) is 0 Å². The Bertz CT molecular complexity index is 213. The lowest BCUT2D eigenvalue weighted by Crippen LogP contribution is -2.43. The average molecular weight is 197 g/mol. The maximum absolute atomic E-state index is 10.5. The van der Waals surface area contributed by atoms with Crippen molar-refractivity contribution in [2.75, 3.05) is 6.54 Å². The minimum absolute atomic E-state index is 0.341. The van der Waals surface area contributed by atoms with E-state index in [2.05, 4.69) is 4.90 Å². The number of carboxylic acid groups (broad SMARTS) is 1. The van der Waals surface area contributed by atoms with Gasteiger partial charge in [0.05, 0.1) is 0 Å². The largest absolute Gasteiger partial charge is 0.481 e. The molecule has 2 fully saturated rings. The molecule has 0 spiro atoms. The van der Waals surface area contributed by atoms with Crippen molar-refractivity contribution in [1.29, 1.82) is 0 Å². The van der Waals surface area contributed by atoms with E-state index in [1.807, 2.05) is 0 Å². The van der Waals surface area contributed by atoms with Crippen LogP contribution < -0.4 is 0 Å². The second-order valence-corrected chi connectivity index (χ2v) is 4.55. The smallest absolute Gasteiger partial charge is 0.303 e. The van der Waals surface area contributed by atoms with Gasteiger partial charge in [-0.05, 0) is 38.6 Å². The Labute approximate surface area is 85.1 Å². The number of likely N-dealkylation sites (tertiary alicyclic amines) is 1. The van der Waals surface area contributed by atoms with Crippen molar-refractivity contribution < 1.29 is 9.90 Å². The molecule has 3 nitrogen and oxygen atoms in total. The standard InChI is InChI=1S/C11H19NO2/c13-11(14)7-6-10-5-2-8-12(10)9-3-1-4-9/h9-10H,1-8H2,(H,13,14). The molecule has 80 valence electrons. The molecule has 1 saturated heterocycles. The van der Waals surface area contributed by atoms with E-state index in [1.165, 1.54) is 38.6 Å². The molecule has 1 N–H and O–H groups in total. The Kier molecular flexibility index (Phi) is 3.06. The first-order valence-electron chi connectivity index (χ1n) is 5.75. The summed E-state index contributed by atoms with van der Waals surface area (Å²) in [6.45, 7) is 1.20. The van der Waals surface area contributed by atoms with Crippen molar-refractivity contribution in [3.8, 4) is 0 Å². The molecule has 0 bridgehead atoms. The highest BCUT2D eigenvalue weighted by molar-refractivity contribution is 5.66. The van der Waals surface area contributed by atoms with Crippen molar-refractivity contribution in [2.24, 2.45) is 0 Å². The lowest BCUT2D eigenvalue weighted by Gasteiger charge is -2.38. The number of nitrogens with zero attached hydrogens (tertiary/aromatic N) is 1. The molecule has 0 aromatic rings. The predicted octanol–water partition coefficient (Wildman–Crippen LogP) is 1.87. The third kappa shape index (κ3) is 2.08. The summed E-state index contributed by atoms with van der Waals surface area (Å²) in [7, 11) is 0. The molecule has 0 aromatic carbocycles. The second-order valence-electron chi connectivity index (χ2n) is 4.55. The summed E-state index contributed by atoms with van der Waals surface area (Å²) in [6.07, 6.45) is 7.71. The van der Waals surface area contributed by atoms with Crippen LogP contribution in [-0.2, 0) is 4.79 Å². The van der Waals surface area contributed by atoms with E-state index in [9.17, 15) is 4.79 Å². The van der Waals surface area contributed by atoms with E-state index >= 15 is 0 Å². The van der Waals surface area contributed by atoms with Crippen LogP contribution in [0.15, 0.2) is 0 Å². The molecule has 1 aliphatic carbocycles. The molecule has 0 amide bonds. The SMILES string of the molecule is O=C(O)CCC1CCCN1C1CCC1. The molecule has 0 aromatic heterocycles. The third-order valence-electron chi connectivity index (χ3n) is 3.66. The van der Waals surface area contributed by atoms with Crippen LogP contribution in [0.25, 0.3) is 0 Å². The van der Waals surface area contributed by atoms with Crippen LogP contribution in [0.3, 0.4) is 0 Å². The second kappa shape index (κ2) is 4.30. The molecule has 1 atom stereocenters. The number of hydrogen-bond acceptors (Lipinski definition) is 2. The monoisotopic (exact) mass is 197 g/mol. The van der Waals surface area contributed by atoms with Crippen LogP contribution in [0.5, 0.6) is 0 Å². The molecular formula is C11H19NO2. The Morgan fingerprint density at radius 2 is 2.07 bits per heavy atom. The Morgan fingerprint density at radius 3 is 2.64 bits per heavy atom. The number of hydrogen-bond donors (Lipinski definition) is 1. The lowest BCUT2D eigenvalue weighted by molar-refractivity contribution is -0.137. The van der Waals surface area contributed by atoms with E-state index in [4.69, 9.17) is 5.11 Å². The molecular weight excluding hydrogens is 178 g/mol. The van der Waals surface area contributed by atoms with E-state index in [0.29, 0.717) is 12.5 Å². The fourth-order valence-corrected chi connectivity index (χ4v) is 2.66. The number of rotatable bonds is 4. The molecule has 3 heteroatoms. The Hall–Kier alpha value is -0.570. The minimum Gasteiger partial charge on any atom is -0.481 e. The molecule has 0 radical (unpaired) electrons. The fraction of sp³-hybridized carbons (Fsp3) is 0.909. The van der Waals surface area contributed by atoms with E-state index in [0.717, 1.165) is 12.5 Å². The number of aliphatic carboxylic acids is 1. The number of carbonyl (C=O) groups is 1. The summed E-state index contributed by atoms with van der Waals surface area (Å²) in [6, 6.07) is 1.35. The van der Waals surface area contributed by atoms with Crippen LogP contribution >= 0.6 is 0 Å². The van der Waals surface area contributed by atoms with Gasteiger partial charge in [0.15, 0.2) is 0 Å². The summed E-state index contributed by atoms with van der Waals surface area (Å²) in [5.41, 5.74) is 0. The highest BCUT2D eigenvalue weighted by Gasteiger charge is 2.33. The highest BCUT2D eigenvalue weighted by atomic mass is 16.4. The van der Waals surface area contributed by atoms with Gasteiger partial charge in [0, 0.05) is 18.5 Å². The first-order valence-corrected chi connectivity index (χ1v) is 5.75. The van der Waals surface area contributed by atoms with Crippen LogP contribution in [0.2, 0.25) is 0 Å². The summed E-state index contributed by atoms with van der Waals surface area (Å²) >= 11 is 0. The average Bonchev–Trinajstić information content (AvgIpc) is 2.46. The summed E-state index contributed by atoms with van der Waals surface area (Å²) < 4.78 is 0. The molecule has 1 heterocycles. The minimum atomic E-state index is -0.648. The third-order valence-corrected chi connectivity index (χ3v) is 3.66. The molecule has 2 rings (SSSR count). The maximum Gasteiger partial charge on any atom is 0.303 e. The van der Waals surface area contributed by atoms with Gasteiger partial charge in [-0.3, -0.25) is 9.69 Å². The van der Waals surface area contributed by atoms with Crippen molar-refractivity contribution in [3.05, 3.63) is 0 Å². The van der Waals surface area contributed by atoms with Gasteiger partial charge < -0.3 is 5.11 Å². The van der Waals surface area contributed by atoms with Crippen LogP contribution in [-0.4, -0.2) is 34.6 Å². The zero-order chi connectivity index (χ0) is 9.97. The zero-order valence-electron chi connectivity index (χ0n) is 8.61. The predicted molar refractivity (Wildman–Crippen MR) is 54.2 cm³/mol. The van der Waals surface area contributed by atoms with Gasteiger partial charge in [-0.15, -0.1) is 0 Å². The molecule has 2 aliphatic rings. The fourth-order valence-electron chi connectivity index (χ4n) is 2.66. The Morgan fingerprint density at radius 1 is 1.29 bits per heavy atom. The highest BCUT2D eigenvalue weighted by Crippen LogP contribution is 2.32. The van der Waals surface area contributed by atoms with Crippen molar-refractivity contribution in [1.82, 2.24) is 4.90 Å². The maximum atomic E-state index is 10.5. The van der Waals surface area contributed by atoms with Gasteiger partial charge in [-0.2, -0.15) is 0 Å². The Balaban J connectivity index is 1.80. The summed E-state index contributed by atoms with van der Waals surface area (Å²) in [4.78, 5) is 13.1. The van der Waals surface area contributed by atoms with E-state index < -0.39 is 5.97 Å². The van der Waals surface area contributed by atoms with Crippen molar-refractivity contribution in [3.63, 3.8) is 0 Å². The van der Waals surface area contributed by atoms with Gasteiger partial charge >= 0.3 is 5.97 Å².